The molecule has 0 saturated carbocycles. The first-order valence-corrected chi connectivity index (χ1v) is 8.74. The first kappa shape index (κ1) is 17.6. The van der Waals surface area contributed by atoms with Gasteiger partial charge in [0.15, 0.2) is 16.4 Å². The second-order valence-electron chi connectivity index (χ2n) is 4.90. The summed E-state index contributed by atoms with van der Waals surface area (Å²) in [6.07, 6.45) is 2.46. The van der Waals surface area contributed by atoms with Crippen molar-refractivity contribution in [3.63, 3.8) is 0 Å². The van der Waals surface area contributed by atoms with Crippen LogP contribution in [0.1, 0.15) is 5.56 Å². The minimum absolute atomic E-state index is 0.167. The fourth-order valence-electron chi connectivity index (χ4n) is 1.73. The van der Waals surface area contributed by atoms with Crippen molar-refractivity contribution in [2.75, 3.05) is 18.2 Å². The summed E-state index contributed by atoms with van der Waals surface area (Å²) in [4.78, 5) is 16.7. The number of rotatable bonds is 6. The predicted octanol–water partition coefficient (Wildman–Crippen LogP) is 2.22. The number of nitrogens with one attached hydrogen (secondary N) is 1. The average molecular weight is 350 g/mol. The first-order valence-electron chi connectivity index (χ1n) is 6.85. The van der Waals surface area contributed by atoms with E-state index in [0.29, 0.717) is 11.3 Å². The van der Waals surface area contributed by atoms with Crippen molar-refractivity contribution in [3.05, 3.63) is 59.9 Å². The Morgan fingerprint density at radius 2 is 1.79 bits per heavy atom. The van der Waals surface area contributed by atoms with Crippen LogP contribution in [0.4, 0.5) is 10.1 Å². The van der Waals surface area contributed by atoms with E-state index in [1.807, 2.05) is 0 Å². The maximum Gasteiger partial charge on any atom is 0.265 e. The molecule has 0 bridgehead atoms. The minimum atomic E-state index is -3.27. The molecule has 24 heavy (non-hydrogen) atoms. The van der Waals surface area contributed by atoms with Gasteiger partial charge in [-0.25, -0.2) is 12.8 Å². The molecule has 2 rings (SSSR count). The Bertz CT molecular complexity index is 831. The molecule has 2 aromatic carbocycles. The van der Waals surface area contributed by atoms with Gasteiger partial charge in [0.25, 0.3) is 5.91 Å². The van der Waals surface area contributed by atoms with Crippen molar-refractivity contribution in [1.29, 1.82) is 0 Å². The summed E-state index contributed by atoms with van der Waals surface area (Å²) in [5, 5.41) is 6.16. The summed E-state index contributed by atoms with van der Waals surface area (Å²) in [6, 6.07) is 11.4. The SMILES string of the molecule is CS(=O)(=O)c1ccc(NC(=O)CO/N=C/c2ccc(F)cc2)cc1. The maximum absolute atomic E-state index is 12.7. The zero-order valence-electron chi connectivity index (χ0n) is 12.8. The minimum Gasteiger partial charge on any atom is -0.386 e. The smallest absolute Gasteiger partial charge is 0.265 e. The van der Waals surface area contributed by atoms with Crippen LogP contribution in [0.3, 0.4) is 0 Å². The fourth-order valence-corrected chi connectivity index (χ4v) is 2.36. The van der Waals surface area contributed by atoms with Gasteiger partial charge >= 0.3 is 0 Å². The summed E-state index contributed by atoms with van der Waals surface area (Å²) >= 11 is 0. The summed E-state index contributed by atoms with van der Waals surface area (Å²) in [6.45, 7) is -0.314. The third kappa shape index (κ3) is 5.47. The van der Waals surface area contributed by atoms with E-state index in [-0.39, 0.29) is 17.3 Å². The zero-order valence-corrected chi connectivity index (χ0v) is 13.6. The first-order chi connectivity index (χ1) is 11.3. The molecule has 0 aromatic heterocycles. The highest BCUT2D eigenvalue weighted by Gasteiger charge is 2.07. The molecule has 0 aliphatic carbocycles. The molecule has 1 N–H and O–H groups in total. The van der Waals surface area contributed by atoms with Gasteiger partial charge in [0, 0.05) is 11.9 Å². The Morgan fingerprint density at radius 3 is 2.38 bits per heavy atom. The second-order valence-corrected chi connectivity index (χ2v) is 6.92. The normalized spacial score (nSPS) is 11.4. The van der Waals surface area contributed by atoms with E-state index >= 15 is 0 Å². The average Bonchev–Trinajstić information content (AvgIpc) is 2.53. The van der Waals surface area contributed by atoms with E-state index in [1.54, 1.807) is 0 Å². The highest BCUT2D eigenvalue weighted by Crippen LogP contribution is 2.13. The lowest BCUT2D eigenvalue weighted by Gasteiger charge is -2.05. The van der Waals surface area contributed by atoms with Crippen LogP contribution in [0, 0.1) is 5.82 Å². The molecule has 2 aromatic rings. The Labute approximate surface area is 138 Å². The van der Waals surface area contributed by atoms with Gasteiger partial charge in [0.1, 0.15) is 5.82 Å². The van der Waals surface area contributed by atoms with Crippen molar-refractivity contribution >= 4 is 27.6 Å². The summed E-state index contributed by atoms with van der Waals surface area (Å²) in [5.41, 5.74) is 1.08. The number of carbonyl (C=O) groups is 1. The van der Waals surface area contributed by atoms with Crippen molar-refractivity contribution < 1.29 is 22.4 Å². The fraction of sp³-hybridized carbons (Fsp3) is 0.125. The third-order valence-electron chi connectivity index (χ3n) is 2.91. The van der Waals surface area contributed by atoms with E-state index in [4.69, 9.17) is 4.84 Å². The van der Waals surface area contributed by atoms with Crippen LogP contribution in [0.5, 0.6) is 0 Å². The zero-order chi connectivity index (χ0) is 17.6. The Hall–Kier alpha value is -2.74. The standard InChI is InChI=1S/C16H15FN2O4S/c1-24(21,22)15-8-6-14(7-9-15)19-16(20)11-23-18-10-12-2-4-13(17)5-3-12/h2-10H,11H2,1H3,(H,19,20)/b18-10+. The second kappa shape index (κ2) is 7.69. The number of anilines is 1. The molecular formula is C16H15FN2O4S. The Morgan fingerprint density at radius 1 is 1.17 bits per heavy atom. The van der Waals surface area contributed by atoms with Gasteiger partial charge in [-0.05, 0) is 42.0 Å². The topological polar surface area (TPSA) is 84.8 Å². The Balaban J connectivity index is 1.82. The molecule has 0 heterocycles. The van der Waals surface area contributed by atoms with E-state index < -0.39 is 15.7 Å². The van der Waals surface area contributed by atoms with E-state index in [2.05, 4.69) is 10.5 Å². The number of amides is 1. The van der Waals surface area contributed by atoms with Crippen molar-refractivity contribution in [1.82, 2.24) is 0 Å². The lowest BCUT2D eigenvalue weighted by Crippen LogP contribution is -2.17. The van der Waals surface area contributed by atoms with Gasteiger partial charge in [-0.3, -0.25) is 4.79 Å². The lowest BCUT2D eigenvalue weighted by molar-refractivity contribution is -0.120. The van der Waals surface area contributed by atoms with Gasteiger partial charge in [-0.15, -0.1) is 0 Å². The summed E-state index contributed by atoms with van der Waals surface area (Å²) in [7, 11) is -3.27. The molecule has 0 radical (unpaired) electrons. The van der Waals surface area contributed by atoms with Crippen molar-refractivity contribution in [2.45, 2.75) is 4.90 Å². The van der Waals surface area contributed by atoms with Gasteiger partial charge < -0.3 is 10.2 Å². The molecule has 0 atom stereocenters. The number of hydrogen-bond acceptors (Lipinski definition) is 5. The van der Waals surface area contributed by atoms with E-state index in [1.165, 1.54) is 54.7 Å². The van der Waals surface area contributed by atoms with Crippen molar-refractivity contribution in [3.8, 4) is 0 Å². The van der Waals surface area contributed by atoms with Crippen LogP contribution in [-0.2, 0) is 19.5 Å². The molecule has 0 spiro atoms. The van der Waals surface area contributed by atoms with Crippen molar-refractivity contribution in [2.24, 2.45) is 5.16 Å². The molecule has 126 valence electrons. The quantitative estimate of drug-likeness (QED) is 0.639. The number of benzene rings is 2. The lowest BCUT2D eigenvalue weighted by atomic mass is 10.2. The van der Waals surface area contributed by atoms with Gasteiger partial charge in [-0.1, -0.05) is 17.3 Å². The summed E-state index contributed by atoms with van der Waals surface area (Å²) < 4.78 is 35.4. The monoisotopic (exact) mass is 350 g/mol. The van der Waals surface area contributed by atoms with Crippen LogP contribution >= 0.6 is 0 Å². The molecule has 0 aliphatic heterocycles. The van der Waals surface area contributed by atoms with Crippen LogP contribution in [0.25, 0.3) is 0 Å². The number of oxime groups is 1. The van der Waals surface area contributed by atoms with Crippen LogP contribution < -0.4 is 5.32 Å². The molecule has 1 amide bonds. The van der Waals surface area contributed by atoms with Gasteiger partial charge in [0.2, 0.25) is 0 Å². The number of sulfone groups is 1. The summed E-state index contributed by atoms with van der Waals surface area (Å²) in [5.74, 6) is -0.798. The van der Waals surface area contributed by atoms with Crippen LogP contribution in [0.15, 0.2) is 58.6 Å². The van der Waals surface area contributed by atoms with Crippen LogP contribution in [0.2, 0.25) is 0 Å². The van der Waals surface area contributed by atoms with Gasteiger partial charge in [0.05, 0.1) is 11.1 Å². The predicted molar refractivity (Wildman–Crippen MR) is 88.1 cm³/mol. The number of carbonyl (C=O) groups excluding carboxylic acids is 1. The largest absolute Gasteiger partial charge is 0.386 e. The van der Waals surface area contributed by atoms with E-state index in [0.717, 1.165) is 6.26 Å². The Kier molecular flexibility index (Phi) is 5.64. The molecule has 0 fully saturated rings. The molecule has 0 aliphatic rings. The number of hydrogen-bond donors (Lipinski definition) is 1. The van der Waals surface area contributed by atoms with Crippen LogP contribution in [-0.4, -0.2) is 33.4 Å². The molecular weight excluding hydrogens is 335 g/mol. The molecule has 8 heteroatoms. The maximum atomic E-state index is 12.7. The van der Waals surface area contributed by atoms with E-state index in [9.17, 15) is 17.6 Å². The number of halogens is 1. The van der Waals surface area contributed by atoms with Gasteiger partial charge in [-0.2, -0.15) is 0 Å². The highest BCUT2D eigenvalue weighted by molar-refractivity contribution is 7.90. The third-order valence-corrected chi connectivity index (χ3v) is 4.04. The number of nitrogens with zero attached hydrogens (tertiary/aromatic N) is 1. The molecule has 0 unspecified atom stereocenters. The molecule has 6 nitrogen and oxygen atoms in total. The molecule has 0 saturated heterocycles. The highest BCUT2D eigenvalue weighted by atomic mass is 32.2.